The van der Waals surface area contributed by atoms with Crippen LogP contribution in [0.25, 0.3) is 0 Å². The lowest BCUT2D eigenvalue weighted by molar-refractivity contribution is 0.585. The van der Waals surface area contributed by atoms with Crippen molar-refractivity contribution in [1.82, 2.24) is 0 Å². The molecule has 1 aliphatic carbocycles. The molecule has 0 heterocycles. The molecule has 0 saturated heterocycles. The number of rotatable bonds is 6. The highest BCUT2D eigenvalue weighted by Gasteiger charge is 2.25. The minimum absolute atomic E-state index is 0.00744. The van der Waals surface area contributed by atoms with Crippen molar-refractivity contribution in [3.8, 4) is 0 Å². The normalized spacial score (nSPS) is 16.5. The van der Waals surface area contributed by atoms with E-state index in [0.29, 0.717) is 12.3 Å². The summed E-state index contributed by atoms with van der Waals surface area (Å²) in [6.45, 7) is 8.70. The van der Waals surface area contributed by atoms with Crippen LogP contribution < -0.4 is 0 Å². The van der Waals surface area contributed by atoms with Crippen LogP contribution in [-0.2, 0) is 19.3 Å². The standard InChI is InChI=1S/C24H31F/c1-5-6-8-18-12-13-19(23-17(4)11-14-22(18)23)15-20-9-7-10-21(16(2)3)24(20)25/h7,9-10,12-13,16-17H,5-6,8,11,14-15H2,1-4H3. The summed E-state index contributed by atoms with van der Waals surface area (Å²) in [5.74, 6) is 0.816. The first kappa shape index (κ1) is 18.2. The van der Waals surface area contributed by atoms with E-state index in [0.717, 1.165) is 11.1 Å². The van der Waals surface area contributed by atoms with E-state index < -0.39 is 0 Å². The molecule has 0 N–H and O–H groups in total. The van der Waals surface area contributed by atoms with Crippen molar-refractivity contribution < 1.29 is 4.39 Å². The second kappa shape index (κ2) is 7.72. The quantitative estimate of drug-likeness (QED) is 0.535. The number of aryl methyl sites for hydroxylation is 1. The van der Waals surface area contributed by atoms with Crippen molar-refractivity contribution in [1.29, 1.82) is 0 Å². The third-order valence-electron chi connectivity index (χ3n) is 5.78. The summed E-state index contributed by atoms with van der Waals surface area (Å²) in [6, 6.07) is 10.5. The lowest BCUT2D eigenvalue weighted by Gasteiger charge is -2.17. The molecule has 0 aliphatic heterocycles. The molecule has 0 amide bonds. The third kappa shape index (κ3) is 3.66. The molecule has 0 radical (unpaired) electrons. The molecule has 25 heavy (non-hydrogen) atoms. The highest BCUT2D eigenvalue weighted by atomic mass is 19.1. The minimum atomic E-state index is -0.00744. The molecule has 0 fully saturated rings. The lowest BCUT2D eigenvalue weighted by atomic mass is 9.88. The second-order valence-electron chi connectivity index (χ2n) is 7.97. The summed E-state index contributed by atoms with van der Waals surface area (Å²) in [5, 5.41) is 0. The molecule has 1 heteroatoms. The van der Waals surface area contributed by atoms with Crippen LogP contribution in [-0.4, -0.2) is 0 Å². The fourth-order valence-corrected chi connectivity index (χ4v) is 4.32. The lowest BCUT2D eigenvalue weighted by Crippen LogP contribution is -2.04. The molecule has 1 atom stereocenters. The Kier molecular flexibility index (Phi) is 5.61. The van der Waals surface area contributed by atoms with Gasteiger partial charge in [0, 0.05) is 6.42 Å². The topological polar surface area (TPSA) is 0 Å². The van der Waals surface area contributed by atoms with Gasteiger partial charge >= 0.3 is 0 Å². The smallest absolute Gasteiger partial charge is 0.130 e. The largest absolute Gasteiger partial charge is 0.206 e. The number of benzene rings is 2. The van der Waals surface area contributed by atoms with E-state index in [1.807, 2.05) is 18.2 Å². The molecule has 134 valence electrons. The molecule has 0 nitrogen and oxygen atoms in total. The molecular weight excluding hydrogens is 307 g/mol. The van der Waals surface area contributed by atoms with Crippen LogP contribution in [0.5, 0.6) is 0 Å². The molecule has 0 saturated carbocycles. The average Bonchev–Trinajstić information content (AvgIpc) is 2.98. The SMILES string of the molecule is CCCCc1ccc(Cc2cccc(C(C)C)c2F)c2c1CCC2C. The second-order valence-corrected chi connectivity index (χ2v) is 7.97. The Morgan fingerprint density at radius 2 is 1.84 bits per heavy atom. The van der Waals surface area contributed by atoms with E-state index in [-0.39, 0.29) is 11.7 Å². The maximum Gasteiger partial charge on any atom is 0.130 e. The molecule has 0 aromatic heterocycles. The van der Waals surface area contributed by atoms with Crippen LogP contribution in [0.1, 0.15) is 92.2 Å². The zero-order valence-corrected chi connectivity index (χ0v) is 16.2. The zero-order valence-electron chi connectivity index (χ0n) is 16.2. The summed E-state index contributed by atoms with van der Waals surface area (Å²) in [4.78, 5) is 0. The van der Waals surface area contributed by atoms with Gasteiger partial charge in [-0.2, -0.15) is 0 Å². The van der Waals surface area contributed by atoms with Gasteiger partial charge in [-0.3, -0.25) is 0 Å². The van der Waals surface area contributed by atoms with Gasteiger partial charge in [0.05, 0.1) is 0 Å². The summed E-state index contributed by atoms with van der Waals surface area (Å²) in [5.41, 5.74) is 7.62. The summed E-state index contributed by atoms with van der Waals surface area (Å²) >= 11 is 0. The van der Waals surface area contributed by atoms with Crippen LogP contribution in [0.2, 0.25) is 0 Å². The number of hydrogen-bond donors (Lipinski definition) is 0. The molecule has 2 aromatic carbocycles. The van der Waals surface area contributed by atoms with Gasteiger partial charge in [-0.25, -0.2) is 4.39 Å². The van der Waals surface area contributed by atoms with Crippen molar-refractivity contribution in [2.45, 2.75) is 78.1 Å². The van der Waals surface area contributed by atoms with Crippen molar-refractivity contribution in [2.24, 2.45) is 0 Å². The highest BCUT2D eigenvalue weighted by Crippen LogP contribution is 2.39. The van der Waals surface area contributed by atoms with E-state index in [2.05, 4.69) is 39.8 Å². The maximum atomic E-state index is 14.9. The molecule has 0 bridgehead atoms. The third-order valence-corrected chi connectivity index (χ3v) is 5.78. The predicted molar refractivity (Wildman–Crippen MR) is 105 cm³/mol. The van der Waals surface area contributed by atoms with E-state index in [1.54, 1.807) is 5.56 Å². The first-order chi connectivity index (χ1) is 12.0. The summed E-state index contributed by atoms with van der Waals surface area (Å²) < 4.78 is 14.9. The molecule has 1 aliphatic rings. The summed E-state index contributed by atoms with van der Waals surface area (Å²) in [6.07, 6.45) is 6.82. The Hall–Kier alpha value is -1.63. The Bertz CT molecular complexity index is 742. The zero-order chi connectivity index (χ0) is 18.0. The molecule has 0 spiro atoms. The average molecular weight is 339 g/mol. The fourth-order valence-electron chi connectivity index (χ4n) is 4.32. The first-order valence-corrected chi connectivity index (χ1v) is 9.93. The van der Waals surface area contributed by atoms with Crippen LogP contribution in [0, 0.1) is 5.82 Å². The Morgan fingerprint density at radius 3 is 2.56 bits per heavy atom. The van der Waals surface area contributed by atoms with E-state index in [1.165, 1.54) is 48.8 Å². The van der Waals surface area contributed by atoms with Crippen molar-refractivity contribution in [2.75, 3.05) is 0 Å². The molecule has 1 unspecified atom stereocenters. The number of halogens is 1. The van der Waals surface area contributed by atoms with E-state index >= 15 is 0 Å². The van der Waals surface area contributed by atoms with Gasteiger partial charge in [0.1, 0.15) is 5.82 Å². The number of fused-ring (bicyclic) bond motifs is 1. The van der Waals surface area contributed by atoms with Crippen molar-refractivity contribution in [3.05, 3.63) is 69.5 Å². The van der Waals surface area contributed by atoms with Gasteiger partial charge in [-0.05, 0) is 70.9 Å². The maximum absolute atomic E-state index is 14.9. The monoisotopic (exact) mass is 338 g/mol. The first-order valence-electron chi connectivity index (χ1n) is 9.93. The predicted octanol–water partition coefficient (Wildman–Crippen LogP) is 6.93. The van der Waals surface area contributed by atoms with Gasteiger partial charge in [-0.1, -0.05) is 64.4 Å². The number of unbranched alkanes of at least 4 members (excludes halogenated alkanes) is 1. The molecule has 3 rings (SSSR count). The van der Waals surface area contributed by atoms with Gasteiger partial charge in [0.2, 0.25) is 0 Å². The van der Waals surface area contributed by atoms with Gasteiger partial charge in [0.25, 0.3) is 0 Å². The Balaban J connectivity index is 1.97. The fraction of sp³-hybridized carbons (Fsp3) is 0.500. The van der Waals surface area contributed by atoms with Crippen molar-refractivity contribution in [3.63, 3.8) is 0 Å². The Morgan fingerprint density at radius 1 is 1.08 bits per heavy atom. The molecular formula is C24H31F. The van der Waals surface area contributed by atoms with Crippen LogP contribution >= 0.6 is 0 Å². The molecule has 2 aromatic rings. The van der Waals surface area contributed by atoms with Crippen LogP contribution in [0.15, 0.2) is 30.3 Å². The van der Waals surface area contributed by atoms with Gasteiger partial charge in [0.15, 0.2) is 0 Å². The van der Waals surface area contributed by atoms with Crippen LogP contribution in [0.3, 0.4) is 0 Å². The van der Waals surface area contributed by atoms with Gasteiger partial charge in [-0.15, -0.1) is 0 Å². The van der Waals surface area contributed by atoms with E-state index in [4.69, 9.17) is 0 Å². The Labute approximate surface area is 152 Å². The minimum Gasteiger partial charge on any atom is -0.206 e. The van der Waals surface area contributed by atoms with Crippen molar-refractivity contribution >= 4 is 0 Å². The highest BCUT2D eigenvalue weighted by molar-refractivity contribution is 5.48. The number of hydrogen-bond acceptors (Lipinski definition) is 0. The van der Waals surface area contributed by atoms with E-state index in [9.17, 15) is 4.39 Å². The van der Waals surface area contributed by atoms with Gasteiger partial charge < -0.3 is 0 Å². The van der Waals surface area contributed by atoms with Crippen LogP contribution in [0.4, 0.5) is 4.39 Å². The summed E-state index contributed by atoms with van der Waals surface area (Å²) in [7, 11) is 0.